The van der Waals surface area contributed by atoms with Crippen LogP contribution in [0.25, 0.3) is 72.7 Å². The van der Waals surface area contributed by atoms with Crippen LogP contribution in [0.2, 0.25) is 0 Å². The van der Waals surface area contributed by atoms with Crippen molar-refractivity contribution in [1.29, 1.82) is 0 Å². The van der Waals surface area contributed by atoms with Gasteiger partial charge in [0, 0.05) is 34.6 Å². The molecule has 1 aromatic heterocycles. The van der Waals surface area contributed by atoms with Gasteiger partial charge in [0.05, 0.1) is 34.1 Å². The van der Waals surface area contributed by atoms with Gasteiger partial charge >= 0.3 is 0 Å². The number of fused-ring (bicyclic) bond motifs is 7. The third kappa shape index (κ3) is 5.64. The molecule has 9 aromatic rings. The number of aliphatic imine (C=N–C) groups is 1. The highest BCUT2D eigenvalue weighted by Gasteiger charge is 2.31. The zero-order valence-electron chi connectivity index (χ0n) is 33.7. The van der Waals surface area contributed by atoms with Crippen LogP contribution in [0.1, 0.15) is 16.7 Å². The first-order valence-electron chi connectivity index (χ1n) is 21.0. The van der Waals surface area contributed by atoms with Crippen LogP contribution in [-0.4, -0.2) is 28.5 Å². The average Bonchev–Trinajstić information content (AvgIpc) is 3.56. The van der Waals surface area contributed by atoms with E-state index in [0.717, 1.165) is 39.6 Å². The first-order chi connectivity index (χ1) is 30.2. The number of para-hydroxylation sites is 3. The van der Waals surface area contributed by atoms with Crippen molar-refractivity contribution in [2.45, 2.75) is 6.04 Å². The molecule has 3 heterocycles. The summed E-state index contributed by atoms with van der Waals surface area (Å²) in [5, 5.41) is 4.91. The van der Waals surface area contributed by atoms with Crippen molar-refractivity contribution in [3.8, 4) is 22.3 Å². The monoisotopic (exact) mass is 780 g/mol. The molecular weight excluding hydrogens is 741 g/mol. The van der Waals surface area contributed by atoms with Crippen LogP contribution >= 0.6 is 0 Å². The second kappa shape index (κ2) is 14.1. The van der Waals surface area contributed by atoms with E-state index in [-0.39, 0.29) is 6.04 Å². The van der Waals surface area contributed by atoms with Crippen molar-refractivity contribution in [1.82, 2.24) is 9.47 Å². The van der Waals surface area contributed by atoms with Crippen LogP contribution in [0.3, 0.4) is 0 Å². The number of hydrogen-bond acceptors (Lipinski definition) is 3. The molecule has 8 aromatic carbocycles. The summed E-state index contributed by atoms with van der Waals surface area (Å²) in [6, 6.07) is 65.9. The minimum Gasteiger partial charge on any atom is -0.334 e. The minimum atomic E-state index is 0.0256. The maximum Gasteiger partial charge on any atom is 0.211 e. The lowest BCUT2D eigenvalue weighted by molar-refractivity contribution is 0.455. The number of nitrogens with zero attached hydrogens (tertiary/aromatic N) is 4. The molecule has 12 rings (SSSR count). The second-order valence-corrected chi connectivity index (χ2v) is 16.0. The van der Waals surface area contributed by atoms with E-state index < -0.39 is 0 Å². The van der Waals surface area contributed by atoms with E-state index in [2.05, 4.69) is 240 Å². The smallest absolute Gasteiger partial charge is 0.211 e. The third-order valence-corrected chi connectivity index (χ3v) is 12.6. The van der Waals surface area contributed by atoms with Crippen molar-refractivity contribution < 1.29 is 0 Å². The van der Waals surface area contributed by atoms with Crippen molar-refractivity contribution in [3.05, 3.63) is 229 Å². The molecule has 1 unspecified atom stereocenters. The van der Waals surface area contributed by atoms with Gasteiger partial charge in [-0.1, -0.05) is 176 Å². The Hall–Kier alpha value is -7.95. The van der Waals surface area contributed by atoms with E-state index in [9.17, 15) is 0 Å². The molecule has 4 heteroatoms. The van der Waals surface area contributed by atoms with Gasteiger partial charge in [0.1, 0.15) is 0 Å². The zero-order chi connectivity index (χ0) is 40.4. The molecule has 0 spiro atoms. The topological polar surface area (TPSA) is 23.8 Å². The van der Waals surface area contributed by atoms with Gasteiger partial charge in [-0.25, -0.2) is 4.99 Å². The standard InChI is InChI=1S/C57H40N4/c1-59-52-26-11-9-22-49(52)56(41-32-29-39(30-33-41)46-23-13-17-38-15-5-7-20-45(38)46)58-57(59)61-53-27-12-8-21-48(53)55-47(24-14-28-54(55)61)42-35-36-51-43(37-42)34-31-40-16-6-10-25-50(40)60(51)44-18-3-2-4-19-44/h2-37,52H,1H3. The number of benzene rings is 8. The molecule has 4 nitrogen and oxygen atoms in total. The number of hydrogen-bond donors (Lipinski definition) is 0. The number of aromatic nitrogens is 1. The average molecular weight is 781 g/mol. The van der Waals surface area contributed by atoms with E-state index in [1.807, 2.05) is 0 Å². The van der Waals surface area contributed by atoms with Crippen molar-refractivity contribution in [2.75, 3.05) is 11.9 Å². The van der Waals surface area contributed by atoms with Crippen LogP contribution < -0.4 is 4.90 Å². The Morgan fingerprint density at radius 3 is 2.07 bits per heavy atom. The highest BCUT2D eigenvalue weighted by atomic mass is 15.3. The summed E-state index contributed by atoms with van der Waals surface area (Å²) in [7, 11) is 2.17. The number of allylic oxidation sites excluding steroid dienone is 2. The van der Waals surface area contributed by atoms with E-state index in [0.29, 0.717) is 0 Å². The van der Waals surface area contributed by atoms with Crippen LogP contribution in [0.4, 0.5) is 17.1 Å². The minimum absolute atomic E-state index is 0.0256. The number of likely N-dealkylation sites (N-methyl/N-ethyl adjacent to an activating group) is 1. The fourth-order valence-electron chi connectivity index (χ4n) is 9.71. The first kappa shape index (κ1) is 35.0. The third-order valence-electron chi connectivity index (χ3n) is 12.6. The van der Waals surface area contributed by atoms with Crippen molar-refractivity contribution in [2.24, 2.45) is 4.99 Å². The lowest BCUT2D eigenvalue weighted by atomic mass is 9.92. The lowest BCUT2D eigenvalue weighted by Gasteiger charge is -2.36. The normalized spacial score (nSPS) is 15.6. The van der Waals surface area contributed by atoms with E-state index in [1.54, 1.807) is 0 Å². The summed E-state index contributed by atoms with van der Waals surface area (Å²) in [5.41, 5.74) is 16.1. The predicted molar refractivity (Wildman–Crippen MR) is 257 cm³/mol. The quantitative estimate of drug-likeness (QED) is 0.178. The fraction of sp³-hybridized carbons (Fsp3) is 0.0351. The predicted octanol–water partition coefficient (Wildman–Crippen LogP) is 14.3. The highest BCUT2D eigenvalue weighted by Crippen LogP contribution is 2.45. The van der Waals surface area contributed by atoms with E-state index >= 15 is 0 Å². The molecule has 1 atom stereocenters. The molecule has 61 heavy (non-hydrogen) atoms. The SMILES string of the molecule is CN1C(n2c3ccccc3c3c(-c4ccc5c(c4)C=Cc4ccccc4N5c4ccccc4)cccc32)=NC(c2ccc(-c3cccc4ccccc34)cc2)=C2C=CC=CC21. The number of rotatable bonds is 4. The maximum atomic E-state index is 5.63. The van der Waals surface area contributed by atoms with Gasteiger partial charge in [-0.3, -0.25) is 4.57 Å². The summed E-state index contributed by atoms with van der Waals surface area (Å²) in [6.45, 7) is 0. The van der Waals surface area contributed by atoms with Crippen LogP contribution in [0.5, 0.6) is 0 Å². The Morgan fingerprint density at radius 1 is 0.492 bits per heavy atom. The Labute approximate surface area is 355 Å². The second-order valence-electron chi connectivity index (χ2n) is 16.0. The molecule has 1 aliphatic carbocycles. The van der Waals surface area contributed by atoms with Crippen LogP contribution in [0, 0.1) is 0 Å². The molecule has 2 aliphatic heterocycles. The van der Waals surface area contributed by atoms with Crippen molar-refractivity contribution in [3.63, 3.8) is 0 Å². The summed E-state index contributed by atoms with van der Waals surface area (Å²) in [6.07, 6.45) is 13.3. The molecule has 0 saturated heterocycles. The Kier molecular flexibility index (Phi) is 8.10. The molecule has 288 valence electrons. The largest absolute Gasteiger partial charge is 0.334 e. The first-order valence-corrected chi connectivity index (χ1v) is 21.0. The van der Waals surface area contributed by atoms with Gasteiger partial charge in [0.15, 0.2) is 0 Å². The van der Waals surface area contributed by atoms with Gasteiger partial charge in [0.2, 0.25) is 5.96 Å². The fourth-order valence-corrected chi connectivity index (χ4v) is 9.71. The van der Waals surface area contributed by atoms with Gasteiger partial charge in [0.25, 0.3) is 0 Å². The van der Waals surface area contributed by atoms with Gasteiger partial charge in [-0.15, -0.1) is 0 Å². The molecule has 3 aliphatic rings. The van der Waals surface area contributed by atoms with Gasteiger partial charge in [-0.05, 0) is 86.6 Å². The van der Waals surface area contributed by atoms with Gasteiger partial charge < -0.3 is 9.80 Å². The summed E-state index contributed by atoms with van der Waals surface area (Å²) < 4.78 is 2.37. The van der Waals surface area contributed by atoms with E-state index in [4.69, 9.17) is 4.99 Å². The maximum absolute atomic E-state index is 5.63. The lowest BCUT2D eigenvalue weighted by Crippen LogP contribution is -2.43. The summed E-state index contributed by atoms with van der Waals surface area (Å²) in [5.74, 6) is 0.895. The Balaban J connectivity index is 1.01. The molecule has 0 N–H and O–H groups in total. The summed E-state index contributed by atoms with van der Waals surface area (Å²) in [4.78, 5) is 10.3. The van der Waals surface area contributed by atoms with Crippen molar-refractivity contribution >= 4 is 73.4 Å². The van der Waals surface area contributed by atoms with E-state index in [1.165, 1.54) is 66.2 Å². The molecule has 0 saturated carbocycles. The number of anilines is 3. The Bertz CT molecular complexity index is 3370. The van der Waals surface area contributed by atoms with Crippen LogP contribution in [-0.2, 0) is 0 Å². The summed E-state index contributed by atoms with van der Waals surface area (Å²) >= 11 is 0. The molecule has 0 amide bonds. The van der Waals surface area contributed by atoms with Crippen LogP contribution in [0.15, 0.2) is 217 Å². The molecule has 0 fully saturated rings. The molecule has 0 bridgehead atoms. The highest BCUT2D eigenvalue weighted by molar-refractivity contribution is 6.19. The Morgan fingerprint density at radius 2 is 1.16 bits per heavy atom. The molecule has 0 radical (unpaired) electrons. The molecular formula is C57H40N4. The van der Waals surface area contributed by atoms with Gasteiger partial charge in [-0.2, -0.15) is 0 Å². The zero-order valence-corrected chi connectivity index (χ0v) is 33.7.